The lowest BCUT2D eigenvalue weighted by Crippen LogP contribution is -2.42. The van der Waals surface area contributed by atoms with E-state index in [1.165, 1.54) is 18.2 Å². The Morgan fingerprint density at radius 2 is 2.00 bits per heavy atom. The van der Waals surface area contributed by atoms with Crippen molar-refractivity contribution in [2.45, 2.75) is 24.8 Å². The number of halogens is 6. The molecule has 0 fully saturated rings. The second kappa shape index (κ2) is 7.88. The molecule has 9 heteroatoms. The Kier molecular flexibility index (Phi) is 6.79. The third-order valence-corrected chi connectivity index (χ3v) is 2.96. The molecule has 1 aromatic rings. The molecule has 1 rings (SSSR count). The summed E-state index contributed by atoms with van der Waals surface area (Å²) in [5.74, 6) is 0.306. The molecule has 1 aromatic carbocycles. The van der Waals surface area contributed by atoms with Crippen LogP contribution in [-0.4, -0.2) is 31.6 Å². The van der Waals surface area contributed by atoms with Gasteiger partial charge in [0.2, 0.25) is 0 Å². The first kappa shape index (κ1) is 18.1. The average Bonchev–Trinajstić information content (AvgIpc) is 2.42. The molecule has 0 aliphatic rings. The summed E-state index contributed by atoms with van der Waals surface area (Å²) < 4.78 is 67.3. The zero-order chi connectivity index (χ0) is 16.0. The number of nitrogens with one attached hydrogen (secondary N) is 1. The summed E-state index contributed by atoms with van der Waals surface area (Å²) in [7, 11) is 0. The van der Waals surface area contributed by atoms with Crippen molar-refractivity contribution in [3.05, 3.63) is 34.6 Å². The number of alkyl halides is 4. The lowest BCUT2D eigenvalue weighted by molar-refractivity contribution is -0.167. The molecular weight excluding hydrogens is 319 g/mol. The zero-order valence-electron chi connectivity index (χ0n) is 10.8. The second-order valence-corrected chi connectivity index (χ2v) is 4.76. The van der Waals surface area contributed by atoms with Gasteiger partial charge in [0, 0.05) is 6.04 Å². The first-order valence-electron chi connectivity index (χ1n) is 5.90. The van der Waals surface area contributed by atoms with Crippen LogP contribution in [0.3, 0.4) is 0 Å². The molecule has 21 heavy (non-hydrogen) atoms. The van der Waals surface area contributed by atoms with E-state index in [-0.39, 0.29) is 23.6 Å². The van der Waals surface area contributed by atoms with Crippen LogP contribution in [0.4, 0.5) is 22.0 Å². The second-order valence-electron chi connectivity index (χ2n) is 4.36. The van der Waals surface area contributed by atoms with E-state index < -0.39 is 30.8 Å². The van der Waals surface area contributed by atoms with E-state index in [0.717, 1.165) is 0 Å². The van der Waals surface area contributed by atoms with E-state index in [2.05, 4.69) is 10.2 Å². The van der Waals surface area contributed by atoms with Gasteiger partial charge in [0.1, 0.15) is 12.4 Å². The van der Waals surface area contributed by atoms with Gasteiger partial charge >= 0.3 is 12.3 Å². The molecule has 0 radical (unpaired) electrons. The first-order valence-corrected chi connectivity index (χ1v) is 6.28. The molecule has 0 bridgehead atoms. The Morgan fingerprint density at radius 3 is 2.57 bits per heavy atom. The summed E-state index contributed by atoms with van der Waals surface area (Å²) in [5, 5.41) is -0.0894. The Morgan fingerprint density at radius 1 is 1.33 bits per heavy atom. The third kappa shape index (κ3) is 5.39. The normalized spacial score (nSPS) is 13.7. The fraction of sp³-hybridized carbons (Fsp3) is 0.500. The number of nitrogens with two attached hydrogens (primary N) is 1. The van der Waals surface area contributed by atoms with Gasteiger partial charge in [-0.15, -0.1) is 0 Å². The largest absolute Gasteiger partial charge is 0.373 e. The molecule has 0 aliphatic carbocycles. The van der Waals surface area contributed by atoms with Crippen molar-refractivity contribution in [3.63, 3.8) is 0 Å². The molecule has 0 saturated carbocycles. The number of rotatable bonds is 8. The summed E-state index contributed by atoms with van der Waals surface area (Å²) in [6.07, 6.45) is -3.81. The Bertz CT molecular complexity index is 461. The van der Waals surface area contributed by atoms with Crippen molar-refractivity contribution < 1.29 is 26.7 Å². The maximum atomic E-state index is 13.7. The topological polar surface area (TPSA) is 47.3 Å². The molecule has 0 amide bonds. The van der Waals surface area contributed by atoms with Crippen LogP contribution in [0.5, 0.6) is 0 Å². The Hall–Kier alpha value is -0.960. The monoisotopic (exact) mass is 332 g/mol. The highest BCUT2D eigenvalue weighted by Crippen LogP contribution is 2.23. The van der Waals surface area contributed by atoms with E-state index in [9.17, 15) is 22.0 Å². The predicted octanol–water partition coefficient (Wildman–Crippen LogP) is 2.77. The van der Waals surface area contributed by atoms with Crippen LogP contribution in [0.1, 0.15) is 5.56 Å². The number of ether oxygens (including phenoxy) is 1. The average molecular weight is 333 g/mol. The Balaban J connectivity index is 2.55. The molecule has 0 heterocycles. The van der Waals surface area contributed by atoms with Gasteiger partial charge in [0.15, 0.2) is 0 Å². The van der Waals surface area contributed by atoms with Gasteiger partial charge in [-0.2, -0.15) is 8.78 Å². The van der Waals surface area contributed by atoms with Gasteiger partial charge in [0.05, 0.1) is 11.6 Å². The highest BCUT2D eigenvalue weighted by molar-refractivity contribution is 6.30. The lowest BCUT2D eigenvalue weighted by Gasteiger charge is -2.19. The van der Waals surface area contributed by atoms with Crippen LogP contribution in [-0.2, 0) is 11.2 Å². The fourth-order valence-electron chi connectivity index (χ4n) is 1.54. The van der Waals surface area contributed by atoms with E-state index in [1.807, 2.05) is 0 Å². The van der Waals surface area contributed by atoms with Crippen LogP contribution < -0.4 is 11.3 Å². The van der Waals surface area contributed by atoms with Crippen LogP contribution in [0, 0.1) is 5.82 Å². The molecule has 3 nitrogen and oxygen atoms in total. The quantitative estimate of drug-likeness (QED) is 0.437. The van der Waals surface area contributed by atoms with Gasteiger partial charge < -0.3 is 4.74 Å². The maximum absolute atomic E-state index is 13.7. The molecule has 1 unspecified atom stereocenters. The number of hydrazine groups is 1. The summed E-state index contributed by atoms with van der Waals surface area (Å²) in [5.41, 5.74) is 2.45. The van der Waals surface area contributed by atoms with Crippen molar-refractivity contribution in [2.24, 2.45) is 5.84 Å². The van der Waals surface area contributed by atoms with E-state index in [0.29, 0.717) is 0 Å². The molecule has 0 aromatic heterocycles. The standard InChI is InChI=1S/C12H14ClF5N2O/c13-9-3-1-2-7(10(9)14)4-8(20-19)5-21-6-12(17,18)11(15)16/h1-3,8,11,20H,4-6,19H2. The summed E-state index contributed by atoms with van der Waals surface area (Å²) in [6.45, 7) is -1.83. The molecule has 3 N–H and O–H groups in total. The SMILES string of the molecule is NNC(COCC(F)(F)C(F)F)Cc1cccc(Cl)c1F. The number of hydrogen-bond donors (Lipinski definition) is 2. The minimum Gasteiger partial charge on any atom is -0.373 e. The van der Waals surface area contributed by atoms with Gasteiger partial charge in [0.25, 0.3) is 0 Å². The van der Waals surface area contributed by atoms with Gasteiger partial charge in [-0.3, -0.25) is 11.3 Å². The lowest BCUT2D eigenvalue weighted by atomic mass is 10.1. The molecule has 0 aliphatic heterocycles. The Labute approximate surface area is 123 Å². The minimum absolute atomic E-state index is 0.00312. The highest BCUT2D eigenvalue weighted by atomic mass is 35.5. The van der Waals surface area contributed by atoms with E-state index in [4.69, 9.17) is 17.4 Å². The highest BCUT2D eigenvalue weighted by Gasteiger charge is 2.41. The van der Waals surface area contributed by atoms with Crippen LogP contribution in [0.15, 0.2) is 18.2 Å². The van der Waals surface area contributed by atoms with Crippen LogP contribution >= 0.6 is 11.6 Å². The van der Waals surface area contributed by atoms with Crippen LogP contribution in [0.2, 0.25) is 5.02 Å². The van der Waals surface area contributed by atoms with Crippen molar-refractivity contribution >= 4 is 11.6 Å². The van der Waals surface area contributed by atoms with E-state index >= 15 is 0 Å². The van der Waals surface area contributed by atoms with Crippen molar-refractivity contribution in [3.8, 4) is 0 Å². The van der Waals surface area contributed by atoms with Gasteiger partial charge in [-0.1, -0.05) is 23.7 Å². The van der Waals surface area contributed by atoms with Crippen molar-refractivity contribution in [2.75, 3.05) is 13.2 Å². The van der Waals surface area contributed by atoms with Crippen molar-refractivity contribution in [1.29, 1.82) is 0 Å². The smallest absolute Gasteiger partial charge is 0.330 e. The molecular formula is C12H14ClF5N2O. The molecule has 0 spiro atoms. The predicted molar refractivity (Wildman–Crippen MR) is 68.0 cm³/mol. The summed E-state index contributed by atoms with van der Waals surface area (Å²) in [4.78, 5) is 0. The molecule has 0 saturated heterocycles. The summed E-state index contributed by atoms with van der Waals surface area (Å²) >= 11 is 5.60. The maximum Gasteiger partial charge on any atom is 0.330 e. The number of hydrogen-bond acceptors (Lipinski definition) is 3. The van der Waals surface area contributed by atoms with Gasteiger partial charge in [-0.05, 0) is 18.1 Å². The van der Waals surface area contributed by atoms with E-state index in [1.54, 1.807) is 0 Å². The molecule has 120 valence electrons. The molecule has 1 atom stereocenters. The fourth-order valence-corrected chi connectivity index (χ4v) is 1.73. The third-order valence-electron chi connectivity index (χ3n) is 2.67. The minimum atomic E-state index is -4.24. The number of benzene rings is 1. The first-order chi connectivity index (χ1) is 9.77. The van der Waals surface area contributed by atoms with Gasteiger partial charge in [-0.25, -0.2) is 13.2 Å². The van der Waals surface area contributed by atoms with Crippen LogP contribution in [0.25, 0.3) is 0 Å². The van der Waals surface area contributed by atoms with Crippen molar-refractivity contribution in [1.82, 2.24) is 5.43 Å². The zero-order valence-corrected chi connectivity index (χ0v) is 11.5. The summed E-state index contributed by atoms with van der Waals surface area (Å²) in [6, 6.07) is 3.58.